The van der Waals surface area contributed by atoms with E-state index in [9.17, 15) is 4.79 Å². The van der Waals surface area contributed by atoms with Crippen LogP contribution in [0, 0.1) is 6.07 Å². The van der Waals surface area contributed by atoms with Crippen molar-refractivity contribution >= 4 is 70.0 Å². The monoisotopic (exact) mass is 692 g/mol. The number of allylic oxidation sites excluding steroid dienone is 2. The molecule has 3 heterocycles. The number of hydrogen-bond donors (Lipinski definition) is 1. The summed E-state index contributed by atoms with van der Waals surface area (Å²) in [6.45, 7) is 2.85. The summed E-state index contributed by atoms with van der Waals surface area (Å²) in [7, 11) is 0. The Hall–Kier alpha value is -3.83. The van der Waals surface area contributed by atoms with Crippen molar-refractivity contribution in [3.05, 3.63) is 109 Å². The first kappa shape index (κ1) is 25.8. The van der Waals surface area contributed by atoms with Crippen LogP contribution in [-0.4, -0.2) is 20.4 Å². The summed E-state index contributed by atoms with van der Waals surface area (Å²) in [5.74, 6) is -0.0625. The Balaban J connectivity index is 0.000000329. The second-order valence-electron chi connectivity index (χ2n) is 8.95. The fourth-order valence-electron chi connectivity index (χ4n) is 4.97. The molecular weight excluding hydrogens is 669 g/mol. The molecule has 0 amide bonds. The topological polar surface area (TPSA) is 55.1 Å². The fraction of sp³-hybridized carbons (Fsp3) is 0.0625. The van der Waals surface area contributed by atoms with Gasteiger partial charge in [0.1, 0.15) is 0 Å². The number of aliphatic hydroxyl groups excluding tert-OH is 1. The molecule has 189 valence electrons. The van der Waals surface area contributed by atoms with E-state index in [1.807, 2.05) is 17.5 Å². The molecule has 7 rings (SSSR count). The minimum Gasteiger partial charge on any atom is -0.512 e. The predicted octanol–water partition coefficient (Wildman–Crippen LogP) is 8.53. The Bertz CT molecular complexity index is 1980. The number of benzene rings is 4. The minimum atomic E-state index is -0.125. The van der Waals surface area contributed by atoms with Crippen LogP contribution in [0.4, 0.5) is 0 Å². The van der Waals surface area contributed by atoms with Crippen LogP contribution in [0.15, 0.2) is 103 Å². The van der Waals surface area contributed by atoms with Crippen molar-refractivity contribution in [2.45, 2.75) is 13.8 Å². The molecule has 0 fully saturated rings. The van der Waals surface area contributed by atoms with Crippen LogP contribution in [0.2, 0.25) is 0 Å². The van der Waals surface area contributed by atoms with Crippen molar-refractivity contribution in [2.75, 3.05) is 0 Å². The summed E-state index contributed by atoms with van der Waals surface area (Å²) in [6.07, 6.45) is 3.10. The van der Waals surface area contributed by atoms with Crippen molar-refractivity contribution < 1.29 is 30.0 Å². The first-order valence-electron chi connectivity index (χ1n) is 12.0. The molecule has 0 saturated carbocycles. The molecule has 6 heteroatoms. The molecule has 0 spiro atoms. The quantitative estimate of drug-likeness (QED) is 0.112. The number of fused-ring (bicyclic) bond motifs is 4. The predicted molar refractivity (Wildman–Crippen MR) is 155 cm³/mol. The van der Waals surface area contributed by atoms with E-state index in [4.69, 9.17) is 10.1 Å². The van der Waals surface area contributed by atoms with Crippen LogP contribution in [0.3, 0.4) is 0 Å². The summed E-state index contributed by atoms with van der Waals surface area (Å²) in [5.41, 5.74) is 4.58. The summed E-state index contributed by atoms with van der Waals surface area (Å²) in [4.78, 5) is 14.9. The van der Waals surface area contributed by atoms with Crippen molar-refractivity contribution in [2.24, 2.45) is 0 Å². The number of rotatable bonds is 2. The van der Waals surface area contributed by atoms with E-state index in [0.29, 0.717) is 0 Å². The Morgan fingerprint density at radius 2 is 1.66 bits per heavy atom. The van der Waals surface area contributed by atoms with E-state index in [1.165, 1.54) is 67.6 Å². The third-order valence-electron chi connectivity index (χ3n) is 6.34. The molecule has 3 aromatic heterocycles. The standard InChI is InChI=1S/C27H15N2S.C5H8O2.Ir/c1-2-8-18(9-3-1)29-21-11-6-12-23-24(21)25-22(29)15-16-28-26(25)20-14-13-17-7-4-5-10-19(17)27(20)30-23;1-4(6)3-5(2)7;/h1-13,15-16H;3,6H,1-2H3;/q-1;;/b;4-3-;. The second-order valence-corrected chi connectivity index (χ2v) is 10.0. The maximum atomic E-state index is 10.0. The Morgan fingerprint density at radius 3 is 2.39 bits per heavy atom. The third kappa shape index (κ3) is 4.41. The Kier molecular flexibility index (Phi) is 7.13. The number of carbonyl (C=O) groups excluding carboxylic acids is 1. The van der Waals surface area contributed by atoms with Gasteiger partial charge < -0.3 is 14.7 Å². The number of ketones is 1. The van der Waals surface area contributed by atoms with Crippen molar-refractivity contribution in [1.82, 2.24) is 9.55 Å². The summed E-state index contributed by atoms with van der Waals surface area (Å²) < 4.78 is 4.86. The van der Waals surface area contributed by atoms with Crippen LogP contribution >= 0.6 is 11.3 Å². The fourth-order valence-corrected chi connectivity index (χ4v) is 6.20. The average Bonchev–Trinajstić information content (AvgIpc) is 3.16. The van der Waals surface area contributed by atoms with E-state index < -0.39 is 0 Å². The zero-order valence-corrected chi connectivity index (χ0v) is 23.9. The van der Waals surface area contributed by atoms with E-state index in [-0.39, 0.29) is 31.6 Å². The van der Waals surface area contributed by atoms with Crippen molar-refractivity contribution in [3.63, 3.8) is 0 Å². The van der Waals surface area contributed by atoms with Gasteiger partial charge >= 0.3 is 0 Å². The van der Waals surface area contributed by atoms with E-state index in [2.05, 4.69) is 95.6 Å². The van der Waals surface area contributed by atoms with Gasteiger partial charge in [0.2, 0.25) is 0 Å². The number of para-hydroxylation sites is 1. The smallest absolute Gasteiger partial charge is 0.155 e. The van der Waals surface area contributed by atoms with Gasteiger partial charge in [-0.05, 0) is 59.8 Å². The van der Waals surface area contributed by atoms with Gasteiger partial charge in [-0.1, -0.05) is 59.3 Å². The van der Waals surface area contributed by atoms with Crippen LogP contribution < -0.4 is 0 Å². The second kappa shape index (κ2) is 10.5. The van der Waals surface area contributed by atoms with Crippen molar-refractivity contribution in [1.29, 1.82) is 0 Å². The molecular formula is C32H23IrN2O2S-. The molecule has 38 heavy (non-hydrogen) atoms. The molecule has 0 saturated heterocycles. The molecule has 0 aliphatic rings. The van der Waals surface area contributed by atoms with E-state index in [0.717, 1.165) is 10.9 Å². The van der Waals surface area contributed by atoms with Gasteiger partial charge in [0, 0.05) is 53.7 Å². The van der Waals surface area contributed by atoms with Crippen molar-refractivity contribution in [3.8, 4) is 5.69 Å². The molecule has 4 nitrogen and oxygen atoms in total. The molecule has 7 aromatic rings. The van der Waals surface area contributed by atoms with Gasteiger partial charge in [-0.15, -0.1) is 17.5 Å². The third-order valence-corrected chi connectivity index (χ3v) is 7.53. The number of pyridine rings is 1. The maximum absolute atomic E-state index is 10.0. The van der Waals surface area contributed by atoms with Crippen LogP contribution in [0.25, 0.3) is 58.6 Å². The van der Waals surface area contributed by atoms with Gasteiger partial charge in [-0.3, -0.25) is 4.79 Å². The molecule has 0 unspecified atom stereocenters. The van der Waals surface area contributed by atoms with Gasteiger partial charge in [-0.2, -0.15) is 11.3 Å². The summed E-state index contributed by atoms with van der Waals surface area (Å²) >= 11 is 1.84. The molecule has 1 radical (unpaired) electrons. The Morgan fingerprint density at radius 1 is 0.921 bits per heavy atom. The SMILES string of the molecule is CC(=O)/C=C(/C)O.[Ir].[c-]1cc2ccccc2c2sc3cccc4c3c3c(nccc3n4-c3ccccc3)c12. The average molecular weight is 692 g/mol. The van der Waals surface area contributed by atoms with Gasteiger partial charge in [0.15, 0.2) is 5.78 Å². The molecule has 1 N–H and O–H groups in total. The van der Waals surface area contributed by atoms with E-state index in [1.54, 1.807) is 0 Å². The van der Waals surface area contributed by atoms with Crippen LogP contribution in [0.1, 0.15) is 13.8 Å². The van der Waals surface area contributed by atoms with Crippen LogP contribution in [0.5, 0.6) is 0 Å². The Labute approximate surface area is 237 Å². The first-order valence-corrected chi connectivity index (χ1v) is 12.8. The number of hydrogen-bond acceptors (Lipinski definition) is 4. The minimum absolute atomic E-state index is 0. The number of aliphatic hydroxyl groups is 1. The zero-order chi connectivity index (χ0) is 25.5. The number of carbonyl (C=O) groups is 1. The maximum Gasteiger partial charge on any atom is 0.155 e. The first-order chi connectivity index (χ1) is 18.0. The van der Waals surface area contributed by atoms with Gasteiger partial charge in [0.25, 0.3) is 0 Å². The van der Waals surface area contributed by atoms with Gasteiger partial charge in [0.05, 0.1) is 11.3 Å². The molecule has 0 atom stereocenters. The van der Waals surface area contributed by atoms with E-state index >= 15 is 0 Å². The molecule has 0 bridgehead atoms. The van der Waals surface area contributed by atoms with Crippen LogP contribution in [-0.2, 0) is 24.9 Å². The molecule has 0 aliphatic carbocycles. The zero-order valence-electron chi connectivity index (χ0n) is 20.7. The summed E-state index contributed by atoms with van der Waals surface area (Å²) in [6, 6.07) is 33.5. The van der Waals surface area contributed by atoms with Gasteiger partial charge in [-0.25, -0.2) is 0 Å². The normalized spacial score (nSPS) is 11.6. The number of nitrogens with zero attached hydrogens (tertiary/aromatic N) is 2. The number of aromatic nitrogens is 2. The molecule has 4 aromatic carbocycles. The molecule has 0 aliphatic heterocycles. The summed E-state index contributed by atoms with van der Waals surface area (Å²) in [5, 5.41) is 14.4. The largest absolute Gasteiger partial charge is 0.512 e.